The highest BCUT2D eigenvalue weighted by Crippen LogP contribution is 2.51. The van der Waals surface area contributed by atoms with Gasteiger partial charge in [-0.3, -0.25) is 4.79 Å². The standard InChI is InChI=1S/C24H26ClN5O3/c25-21-9-17(4-1-14(21)10-26)33-16-5-2-15(3-6-16)27-24(32)22-7-8-23(29-28-22)30-11-18-19(12-30)20(18)13-31/h1,4,7-9,15-16,18-20,31H,2-3,5-6,11-13H2,(H,27,32)/t15-,16-,18-,19+,20-. The van der Waals surface area contributed by atoms with Crippen molar-refractivity contribution >= 4 is 23.3 Å². The van der Waals surface area contributed by atoms with Gasteiger partial charge in [-0.15, -0.1) is 10.2 Å². The summed E-state index contributed by atoms with van der Waals surface area (Å²) in [6, 6.07) is 10.8. The first-order chi connectivity index (χ1) is 16.1. The van der Waals surface area contributed by atoms with Gasteiger partial charge in [0.15, 0.2) is 11.5 Å². The molecule has 8 nitrogen and oxygen atoms in total. The van der Waals surface area contributed by atoms with Crippen molar-refractivity contribution in [2.75, 3.05) is 24.6 Å². The quantitative estimate of drug-likeness (QED) is 0.671. The topological polar surface area (TPSA) is 111 Å². The molecule has 1 saturated heterocycles. The Balaban J connectivity index is 1.08. The summed E-state index contributed by atoms with van der Waals surface area (Å²) in [6.07, 6.45) is 3.32. The Bertz CT molecular complexity index is 1050. The number of aliphatic hydroxyl groups excluding tert-OH is 1. The van der Waals surface area contributed by atoms with E-state index in [-0.39, 0.29) is 24.7 Å². The summed E-state index contributed by atoms with van der Waals surface area (Å²) in [5.74, 6) is 2.81. The second kappa shape index (κ2) is 9.16. The number of nitrogens with one attached hydrogen (secondary N) is 1. The van der Waals surface area contributed by atoms with Gasteiger partial charge in [-0.05, 0) is 67.7 Å². The van der Waals surface area contributed by atoms with E-state index in [1.165, 1.54) is 0 Å². The molecule has 3 aliphatic rings. The van der Waals surface area contributed by atoms with Gasteiger partial charge in [-0.1, -0.05) is 11.6 Å². The first-order valence-electron chi connectivity index (χ1n) is 11.4. The van der Waals surface area contributed by atoms with Gasteiger partial charge in [-0.25, -0.2) is 0 Å². The summed E-state index contributed by atoms with van der Waals surface area (Å²) in [4.78, 5) is 14.8. The molecule has 3 fully saturated rings. The van der Waals surface area contributed by atoms with Crippen molar-refractivity contribution in [3.63, 3.8) is 0 Å². The van der Waals surface area contributed by atoms with E-state index in [9.17, 15) is 9.90 Å². The Labute approximate surface area is 197 Å². The Kier molecular flexibility index (Phi) is 6.09. The van der Waals surface area contributed by atoms with Crippen molar-refractivity contribution in [3.8, 4) is 11.8 Å². The molecule has 0 radical (unpaired) electrons. The van der Waals surface area contributed by atoms with Crippen LogP contribution in [0.1, 0.15) is 41.7 Å². The van der Waals surface area contributed by atoms with Gasteiger partial charge in [0, 0.05) is 31.8 Å². The zero-order valence-electron chi connectivity index (χ0n) is 18.2. The van der Waals surface area contributed by atoms with E-state index in [4.69, 9.17) is 21.6 Å². The number of nitriles is 1. The number of aromatic nitrogens is 2. The number of rotatable bonds is 6. The summed E-state index contributed by atoms with van der Waals surface area (Å²) in [7, 11) is 0. The largest absolute Gasteiger partial charge is 0.490 e. The summed E-state index contributed by atoms with van der Waals surface area (Å²) in [5, 5.41) is 30.1. The molecule has 3 atom stereocenters. The monoisotopic (exact) mass is 467 g/mol. The average molecular weight is 468 g/mol. The van der Waals surface area contributed by atoms with Crippen molar-refractivity contribution in [2.24, 2.45) is 17.8 Å². The minimum absolute atomic E-state index is 0.0540. The lowest BCUT2D eigenvalue weighted by molar-refractivity contribution is 0.0888. The normalized spacial score (nSPS) is 28.0. The molecular weight excluding hydrogens is 442 g/mol. The van der Waals surface area contributed by atoms with Crippen LogP contribution in [-0.4, -0.2) is 53.1 Å². The van der Waals surface area contributed by atoms with Crippen LogP contribution in [0.4, 0.5) is 5.82 Å². The molecule has 1 amide bonds. The van der Waals surface area contributed by atoms with Crippen LogP contribution in [0.15, 0.2) is 30.3 Å². The highest BCUT2D eigenvalue weighted by molar-refractivity contribution is 6.31. The van der Waals surface area contributed by atoms with Gasteiger partial charge in [0.05, 0.1) is 16.7 Å². The third-order valence-corrected chi connectivity index (χ3v) is 7.48. The maximum atomic E-state index is 12.6. The fourth-order valence-electron chi connectivity index (χ4n) is 5.16. The average Bonchev–Trinajstić information content (AvgIpc) is 3.30. The molecule has 2 aliphatic carbocycles. The Morgan fingerprint density at radius 1 is 1.18 bits per heavy atom. The number of hydrogen-bond donors (Lipinski definition) is 2. The maximum Gasteiger partial charge on any atom is 0.272 e. The third-order valence-electron chi connectivity index (χ3n) is 7.16. The van der Waals surface area contributed by atoms with Gasteiger partial charge in [0.1, 0.15) is 11.8 Å². The summed E-state index contributed by atoms with van der Waals surface area (Å²) >= 11 is 6.08. The number of carbonyl (C=O) groups is 1. The Morgan fingerprint density at radius 2 is 1.94 bits per heavy atom. The summed E-state index contributed by atoms with van der Waals surface area (Å²) < 4.78 is 6.01. The first kappa shape index (κ1) is 21.9. The maximum absolute atomic E-state index is 12.6. The molecule has 2 N–H and O–H groups in total. The molecule has 1 aromatic heterocycles. The lowest BCUT2D eigenvalue weighted by Crippen LogP contribution is -2.40. The van der Waals surface area contributed by atoms with Crippen LogP contribution >= 0.6 is 11.6 Å². The number of ether oxygens (including phenoxy) is 1. The molecule has 1 aliphatic heterocycles. The minimum atomic E-state index is -0.207. The third kappa shape index (κ3) is 4.61. The van der Waals surface area contributed by atoms with E-state index in [1.54, 1.807) is 24.3 Å². The molecule has 2 saturated carbocycles. The first-order valence-corrected chi connectivity index (χ1v) is 11.8. The number of fused-ring (bicyclic) bond motifs is 1. The molecule has 0 bridgehead atoms. The van der Waals surface area contributed by atoms with Gasteiger partial charge >= 0.3 is 0 Å². The van der Waals surface area contributed by atoms with Crippen LogP contribution in [-0.2, 0) is 0 Å². The fourth-order valence-corrected chi connectivity index (χ4v) is 5.37. The van der Waals surface area contributed by atoms with E-state index in [2.05, 4.69) is 20.4 Å². The number of anilines is 1. The second-order valence-corrected chi connectivity index (χ2v) is 9.58. The van der Waals surface area contributed by atoms with Crippen LogP contribution in [0.2, 0.25) is 5.02 Å². The summed E-state index contributed by atoms with van der Waals surface area (Å²) in [5.41, 5.74) is 0.751. The number of carbonyl (C=O) groups excluding carboxylic acids is 1. The van der Waals surface area contributed by atoms with Gasteiger partial charge in [0.25, 0.3) is 5.91 Å². The van der Waals surface area contributed by atoms with Crippen molar-refractivity contribution in [3.05, 3.63) is 46.6 Å². The zero-order chi connectivity index (χ0) is 22.9. The Hall–Kier alpha value is -2.89. The van der Waals surface area contributed by atoms with Gasteiger partial charge in [-0.2, -0.15) is 5.26 Å². The molecule has 33 heavy (non-hydrogen) atoms. The number of nitrogens with zero attached hydrogens (tertiary/aromatic N) is 4. The highest BCUT2D eigenvalue weighted by atomic mass is 35.5. The van der Waals surface area contributed by atoms with Gasteiger partial charge in [0.2, 0.25) is 0 Å². The van der Waals surface area contributed by atoms with Gasteiger partial charge < -0.3 is 20.1 Å². The smallest absolute Gasteiger partial charge is 0.272 e. The van der Waals surface area contributed by atoms with E-state index in [0.717, 1.165) is 44.6 Å². The fraction of sp³-hybridized carbons (Fsp3) is 0.500. The molecule has 0 unspecified atom stereocenters. The molecule has 9 heteroatoms. The number of hydrogen-bond acceptors (Lipinski definition) is 7. The summed E-state index contributed by atoms with van der Waals surface area (Å²) in [6.45, 7) is 2.07. The Morgan fingerprint density at radius 3 is 2.55 bits per heavy atom. The molecule has 1 aromatic carbocycles. The van der Waals surface area contributed by atoms with E-state index in [0.29, 0.717) is 39.8 Å². The predicted octanol–water partition coefficient (Wildman–Crippen LogP) is 2.80. The van der Waals surface area contributed by atoms with E-state index >= 15 is 0 Å². The number of benzene rings is 1. The second-order valence-electron chi connectivity index (χ2n) is 9.17. The van der Waals surface area contributed by atoms with Crippen molar-refractivity contribution in [1.82, 2.24) is 15.5 Å². The molecular formula is C24H26ClN5O3. The van der Waals surface area contributed by atoms with E-state index < -0.39 is 0 Å². The van der Waals surface area contributed by atoms with Crippen LogP contribution in [0.3, 0.4) is 0 Å². The number of piperidine rings is 1. The van der Waals surface area contributed by atoms with Crippen molar-refractivity contribution in [1.29, 1.82) is 5.26 Å². The van der Waals surface area contributed by atoms with Crippen molar-refractivity contribution < 1.29 is 14.6 Å². The lowest BCUT2D eigenvalue weighted by Gasteiger charge is -2.29. The minimum Gasteiger partial charge on any atom is -0.490 e. The number of aliphatic hydroxyl groups is 1. The zero-order valence-corrected chi connectivity index (χ0v) is 18.9. The van der Waals surface area contributed by atoms with Crippen LogP contribution in [0.25, 0.3) is 0 Å². The van der Waals surface area contributed by atoms with Crippen LogP contribution in [0, 0.1) is 29.1 Å². The van der Waals surface area contributed by atoms with Crippen molar-refractivity contribution in [2.45, 2.75) is 37.8 Å². The van der Waals surface area contributed by atoms with Crippen LogP contribution in [0.5, 0.6) is 5.75 Å². The molecule has 2 heterocycles. The molecule has 0 spiro atoms. The SMILES string of the molecule is N#Cc1ccc(O[C@H]2CC[C@H](NC(=O)c3ccc(N4C[C@@H]5[C@H](CO)[C@@H]5C4)nn3)CC2)cc1Cl. The molecule has 5 rings (SSSR count). The van der Waals surface area contributed by atoms with E-state index in [1.807, 2.05) is 12.1 Å². The van der Waals surface area contributed by atoms with Crippen LogP contribution < -0.4 is 15.0 Å². The number of amides is 1. The predicted molar refractivity (Wildman–Crippen MR) is 122 cm³/mol. The number of halogens is 1. The molecule has 2 aromatic rings. The highest BCUT2D eigenvalue weighted by Gasteiger charge is 2.55. The lowest BCUT2D eigenvalue weighted by atomic mass is 9.93. The molecule has 172 valence electrons.